The minimum absolute atomic E-state index is 0.140. The summed E-state index contributed by atoms with van der Waals surface area (Å²) in [5.74, 6) is 0.624. The number of nitrogens with zero attached hydrogens (tertiary/aromatic N) is 1. The quantitative estimate of drug-likeness (QED) is 0.852. The lowest BCUT2D eigenvalue weighted by Gasteiger charge is -2.06. The summed E-state index contributed by atoms with van der Waals surface area (Å²) in [6.07, 6.45) is 1.87. The highest BCUT2D eigenvalue weighted by Crippen LogP contribution is 2.12. The molecule has 0 aliphatic rings. The van der Waals surface area contributed by atoms with Crippen molar-refractivity contribution in [1.82, 2.24) is 4.57 Å². The second kappa shape index (κ2) is 4.41. The molecule has 3 nitrogen and oxygen atoms in total. The number of aromatic nitrogens is 1. The number of hydrogen-bond donors (Lipinski definition) is 1. The van der Waals surface area contributed by atoms with E-state index in [-0.39, 0.29) is 5.91 Å². The van der Waals surface area contributed by atoms with Crippen LogP contribution in [0.5, 0.6) is 0 Å². The van der Waals surface area contributed by atoms with Crippen molar-refractivity contribution in [1.29, 1.82) is 0 Å². The summed E-state index contributed by atoms with van der Waals surface area (Å²) in [5.41, 5.74) is 0.589. The summed E-state index contributed by atoms with van der Waals surface area (Å²) in [6.45, 7) is 0. The standard InChI is InChI=1S/C12H11ClN2O/c1-15-8-2-3-11(15)14-12(16)9-4-6-10(13)7-5-9/h2-8H,1H3,(H,14,16). The van der Waals surface area contributed by atoms with Crippen LogP contribution in [0.2, 0.25) is 5.02 Å². The zero-order valence-corrected chi connectivity index (χ0v) is 9.53. The molecule has 0 saturated heterocycles. The van der Waals surface area contributed by atoms with Gasteiger partial charge in [0.05, 0.1) is 0 Å². The highest BCUT2D eigenvalue weighted by molar-refractivity contribution is 6.30. The van der Waals surface area contributed by atoms with Crippen LogP contribution in [0.15, 0.2) is 42.6 Å². The predicted molar refractivity (Wildman–Crippen MR) is 64.8 cm³/mol. The lowest BCUT2D eigenvalue weighted by molar-refractivity contribution is 0.102. The molecule has 1 amide bonds. The molecule has 82 valence electrons. The molecule has 2 aromatic rings. The fraction of sp³-hybridized carbons (Fsp3) is 0.0833. The number of nitrogens with one attached hydrogen (secondary N) is 1. The van der Waals surface area contributed by atoms with Crippen molar-refractivity contribution in [3.63, 3.8) is 0 Å². The molecule has 16 heavy (non-hydrogen) atoms. The number of hydrogen-bond acceptors (Lipinski definition) is 1. The van der Waals surface area contributed by atoms with Crippen LogP contribution in [0, 0.1) is 0 Å². The van der Waals surface area contributed by atoms with Gasteiger partial charge in [-0.05, 0) is 36.4 Å². The van der Waals surface area contributed by atoms with Crippen molar-refractivity contribution in [2.24, 2.45) is 7.05 Å². The molecule has 0 saturated carbocycles. The first kappa shape index (κ1) is 10.8. The zero-order chi connectivity index (χ0) is 11.5. The monoisotopic (exact) mass is 234 g/mol. The molecule has 0 spiro atoms. The molecule has 0 bridgehead atoms. The van der Waals surface area contributed by atoms with Crippen LogP contribution < -0.4 is 5.32 Å². The predicted octanol–water partition coefficient (Wildman–Crippen LogP) is 2.93. The molecule has 1 N–H and O–H groups in total. The van der Waals surface area contributed by atoms with Gasteiger partial charge in [-0.25, -0.2) is 0 Å². The molecule has 0 unspecified atom stereocenters. The fourth-order valence-corrected chi connectivity index (χ4v) is 1.51. The molecule has 1 aromatic carbocycles. The van der Waals surface area contributed by atoms with Crippen LogP contribution in [0.25, 0.3) is 0 Å². The molecular weight excluding hydrogens is 224 g/mol. The molecule has 4 heteroatoms. The van der Waals surface area contributed by atoms with Gasteiger partial charge in [0.15, 0.2) is 0 Å². The second-order valence-corrected chi connectivity index (χ2v) is 3.90. The smallest absolute Gasteiger partial charge is 0.256 e. The Morgan fingerprint density at radius 2 is 1.94 bits per heavy atom. The highest BCUT2D eigenvalue weighted by atomic mass is 35.5. The molecule has 0 aliphatic heterocycles. The van der Waals surface area contributed by atoms with E-state index in [2.05, 4.69) is 5.32 Å². The van der Waals surface area contributed by atoms with Crippen molar-refractivity contribution < 1.29 is 4.79 Å². The van der Waals surface area contributed by atoms with Crippen LogP contribution in [0.3, 0.4) is 0 Å². The van der Waals surface area contributed by atoms with Gasteiger partial charge in [0, 0.05) is 23.8 Å². The van der Waals surface area contributed by atoms with Gasteiger partial charge in [-0.3, -0.25) is 4.79 Å². The van der Waals surface area contributed by atoms with Crippen molar-refractivity contribution in [2.75, 3.05) is 5.32 Å². The Hall–Kier alpha value is -1.74. The van der Waals surface area contributed by atoms with E-state index in [4.69, 9.17) is 11.6 Å². The van der Waals surface area contributed by atoms with Crippen molar-refractivity contribution in [3.8, 4) is 0 Å². The van der Waals surface area contributed by atoms with Gasteiger partial charge in [0.1, 0.15) is 5.82 Å². The average molecular weight is 235 g/mol. The van der Waals surface area contributed by atoms with Crippen LogP contribution in [0.4, 0.5) is 5.82 Å². The lowest BCUT2D eigenvalue weighted by Crippen LogP contribution is -2.13. The maximum atomic E-state index is 11.8. The Balaban J connectivity index is 2.15. The van der Waals surface area contributed by atoms with E-state index in [1.807, 2.05) is 29.9 Å². The Morgan fingerprint density at radius 1 is 1.25 bits per heavy atom. The summed E-state index contributed by atoms with van der Waals surface area (Å²) < 4.78 is 1.84. The number of rotatable bonds is 2. The molecule has 0 atom stereocenters. The number of benzene rings is 1. The molecular formula is C12H11ClN2O. The topological polar surface area (TPSA) is 34.0 Å². The first-order chi connectivity index (χ1) is 7.66. The minimum atomic E-state index is -0.140. The van der Waals surface area contributed by atoms with Gasteiger partial charge in [0.2, 0.25) is 0 Å². The first-order valence-electron chi connectivity index (χ1n) is 4.85. The van der Waals surface area contributed by atoms with E-state index >= 15 is 0 Å². The number of halogens is 1. The maximum Gasteiger partial charge on any atom is 0.256 e. The van der Waals surface area contributed by atoms with E-state index in [9.17, 15) is 4.79 Å². The number of amides is 1. The van der Waals surface area contributed by atoms with Crippen molar-refractivity contribution in [3.05, 3.63) is 53.2 Å². The van der Waals surface area contributed by atoms with Crippen molar-refractivity contribution >= 4 is 23.3 Å². The first-order valence-corrected chi connectivity index (χ1v) is 5.23. The summed E-state index contributed by atoms with van der Waals surface area (Å²) >= 11 is 5.75. The molecule has 2 rings (SSSR count). The summed E-state index contributed by atoms with van der Waals surface area (Å²) in [5, 5.41) is 3.43. The summed E-state index contributed by atoms with van der Waals surface area (Å²) in [6, 6.07) is 10.5. The number of carbonyl (C=O) groups excluding carboxylic acids is 1. The maximum absolute atomic E-state index is 11.8. The van der Waals surface area contributed by atoms with Crippen LogP contribution >= 0.6 is 11.6 Å². The highest BCUT2D eigenvalue weighted by Gasteiger charge is 2.06. The van der Waals surface area contributed by atoms with Gasteiger partial charge in [-0.15, -0.1) is 0 Å². The summed E-state index contributed by atoms with van der Waals surface area (Å²) in [4.78, 5) is 11.8. The zero-order valence-electron chi connectivity index (χ0n) is 8.77. The van der Waals surface area contributed by atoms with E-state index < -0.39 is 0 Å². The second-order valence-electron chi connectivity index (χ2n) is 3.47. The normalized spacial score (nSPS) is 10.1. The van der Waals surface area contributed by atoms with Gasteiger partial charge < -0.3 is 9.88 Å². The van der Waals surface area contributed by atoms with Crippen LogP contribution in [-0.2, 0) is 7.05 Å². The van der Waals surface area contributed by atoms with Gasteiger partial charge in [0.25, 0.3) is 5.91 Å². The fourth-order valence-electron chi connectivity index (χ4n) is 1.38. The van der Waals surface area contributed by atoms with Crippen LogP contribution in [0.1, 0.15) is 10.4 Å². The van der Waals surface area contributed by atoms with Gasteiger partial charge >= 0.3 is 0 Å². The third-order valence-electron chi connectivity index (χ3n) is 2.29. The Bertz CT molecular complexity index is 502. The van der Waals surface area contributed by atoms with E-state index in [0.717, 1.165) is 5.82 Å². The Morgan fingerprint density at radius 3 is 2.50 bits per heavy atom. The summed E-state index contributed by atoms with van der Waals surface area (Å²) in [7, 11) is 1.87. The Labute approximate surface area is 98.7 Å². The number of anilines is 1. The number of aryl methyl sites for hydroxylation is 1. The number of carbonyl (C=O) groups is 1. The van der Waals surface area contributed by atoms with Gasteiger partial charge in [-0.2, -0.15) is 0 Å². The van der Waals surface area contributed by atoms with E-state index in [1.165, 1.54) is 0 Å². The lowest BCUT2D eigenvalue weighted by atomic mass is 10.2. The molecule has 1 heterocycles. The van der Waals surface area contributed by atoms with Crippen LogP contribution in [-0.4, -0.2) is 10.5 Å². The minimum Gasteiger partial charge on any atom is -0.338 e. The largest absolute Gasteiger partial charge is 0.338 e. The SMILES string of the molecule is Cn1cccc1NC(=O)c1ccc(Cl)cc1. The molecule has 1 aromatic heterocycles. The van der Waals surface area contributed by atoms with E-state index in [0.29, 0.717) is 10.6 Å². The molecule has 0 aliphatic carbocycles. The Kier molecular flexibility index (Phi) is 2.97. The third kappa shape index (κ3) is 2.25. The average Bonchev–Trinajstić information content (AvgIpc) is 2.65. The third-order valence-corrected chi connectivity index (χ3v) is 2.54. The van der Waals surface area contributed by atoms with Crippen molar-refractivity contribution in [2.45, 2.75) is 0 Å². The van der Waals surface area contributed by atoms with E-state index in [1.54, 1.807) is 24.3 Å². The molecule has 0 fully saturated rings. The van der Waals surface area contributed by atoms with Gasteiger partial charge in [-0.1, -0.05) is 11.6 Å². The molecule has 0 radical (unpaired) electrons.